The van der Waals surface area contributed by atoms with E-state index in [2.05, 4.69) is 5.32 Å². The van der Waals surface area contributed by atoms with Gasteiger partial charge in [0.15, 0.2) is 18.1 Å². The number of nitrogens with zero attached hydrogens (tertiary/aromatic N) is 1. The molecule has 8 heteroatoms. The minimum absolute atomic E-state index is 0.0799. The van der Waals surface area contributed by atoms with Crippen LogP contribution in [0.15, 0.2) is 35.9 Å². The van der Waals surface area contributed by atoms with Crippen molar-refractivity contribution >= 4 is 35.2 Å². The summed E-state index contributed by atoms with van der Waals surface area (Å²) in [6, 6.07) is 10.4. The van der Waals surface area contributed by atoms with Gasteiger partial charge in [-0.1, -0.05) is 29.3 Å². The van der Waals surface area contributed by atoms with Crippen molar-refractivity contribution in [1.82, 2.24) is 0 Å². The molecule has 7 nitrogen and oxygen atoms in total. The molecule has 2 rings (SSSR count). The number of rotatable bonds is 8. The number of amides is 1. The van der Waals surface area contributed by atoms with Crippen LogP contribution < -0.4 is 14.8 Å². The fourth-order valence-electron chi connectivity index (χ4n) is 2.67. The van der Waals surface area contributed by atoms with Gasteiger partial charge >= 0.3 is 5.97 Å². The molecule has 0 aliphatic carbocycles. The third-order valence-electron chi connectivity index (χ3n) is 3.98. The number of halogens is 1. The van der Waals surface area contributed by atoms with Crippen molar-refractivity contribution < 1.29 is 24.2 Å². The minimum atomic E-state index is -1.16. The van der Waals surface area contributed by atoms with E-state index in [1.807, 2.05) is 32.0 Å². The molecule has 0 fully saturated rings. The second-order valence-electron chi connectivity index (χ2n) is 6.39. The third kappa shape index (κ3) is 6.00. The number of carboxylic acid groups (broad SMARTS) is 1. The van der Waals surface area contributed by atoms with E-state index in [1.165, 1.54) is 18.2 Å². The van der Waals surface area contributed by atoms with Crippen LogP contribution in [0.2, 0.25) is 5.02 Å². The summed E-state index contributed by atoms with van der Waals surface area (Å²) in [5.74, 6) is -1.43. The number of carboxylic acids is 1. The van der Waals surface area contributed by atoms with Crippen LogP contribution in [0.3, 0.4) is 0 Å². The molecule has 0 radical (unpaired) electrons. The number of benzene rings is 2. The summed E-state index contributed by atoms with van der Waals surface area (Å²) in [7, 11) is 0. The van der Waals surface area contributed by atoms with Gasteiger partial charge in [-0.3, -0.25) is 4.79 Å². The summed E-state index contributed by atoms with van der Waals surface area (Å²) in [6.45, 7) is 5.25. The Hall–Kier alpha value is -3.50. The molecule has 0 saturated heterocycles. The monoisotopic (exact) mass is 428 g/mol. The molecule has 30 heavy (non-hydrogen) atoms. The predicted octanol–water partition coefficient (Wildman–Crippen LogP) is 4.36. The van der Waals surface area contributed by atoms with Gasteiger partial charge in [0.05, 0.1) is 11.6 Å². The van der Waals surface area contributed by atoms with E-state index in [0.717, 1.165) is 11.1 Å². The van der Waals surface area contributed by atoms with Crippen LogP contribution in [0.5, 0.6) is 11.5 Å². The van der Waals surface area contributed by atoms with E-state index >= 15 is 0 Å². The normalized spacial score (nSPS) is 10.8. The molecule has 2 N–H and O–H groups in total. The summed E-state index contributed by atoms with van der Waals surface area (Å²) in [5.41, 5.74) is 2.84. The molecule has 0 bridgehead atoms. The van der Waals surface area contributed by atoms with Gasteiger partial charge in [0, 0.05) is 5.69 Å². The number of hydrogen-bond donors (Lipinski definition) is 2. The Morgan fingerprint density at radius 3 is 2.57 bits per heavy atom. The van der Waals surface area contributed by atoms with Crippen molar-refractivity contribution in [2.24, 2.45) is 0 Å². The maximum absolute atomic E-state index is 12.6. The van der Waals surface area contributed by atoms with Crippen LogP contribution in [0.1, 0.15) is 23.6 Å². The van der Waals surface area contributed by atoms with Crippen LogP contribution in [-0.4, -0.2) is 30.2 Å². The Labute approximate surface area is 179 Å². The first-order chi connectivity index (χ1) is 14.2. The van der Waals surface area contributed by atoms with E-state index in [4.69, 9.17) is 26.2 Å². The molecular weight excluding hydrogens is 408 g/mol. The molecule has 0 heterocycles. The Kier molecular flexibility index (Phi) is 7.84. The molecule has 156 valence electrons. The Morgan fingerprint density at radius 1 is 1.23 bits per heavy atom. The van der Waals surface area contributed by atoms with Gasteiger partial charge in [-0.05, 0) is 56.2 Å². The number of aryl methyl sites for hydroxylation is 2. The van der Waals surface area contributed by atoms with Crippen molar-refractivity contribution in [2.75, 3.05) is 18.5 Å². The molecular formula is C22H21ClN2O5. The van der Waals surface area contributed by atoms with Crippen molar-refractivity contribution in [3.63, 3.8) is 0 Å². The molecule has 2 aromatic carbocycles. The number of aliphatic carboxylic acids is 1. The number of ether oxygens (including phenoxy) is 2. The van der Waals surface area contributed by atoms with E-state index in [9.17, 15) is 14.9 Å². The van der Waals surface area contributed by atoms with E-state index in [-0.39, 0.29) is 28.7 Å². The van der Waals surface area contributed by atoms with Crippen LogP contribution in [0, 0.1) is 25.2 Å². The summed E-state index contributed by atoms with van der Waals surface area (Å²) < 4.78 is 10.7. The largest absolute Gasteiger partial charge is 0.490 e. The van der Waals surface area contributed by atoms with Gasteiger partial charge in [0.25, 0.3) is 5.91 Å². The van der Waals surface area contributed by atoms with E-state index < -0.39 is 18.5 Å². The maximum atomic E-state index is 12.6. The smallest absolute Gasteiger partial charge is 0.341 e. The summed E-state index contributed by atoms with van der Waals surface area (Å²) in [6.07, 6.45) is 1.37. The lowest BCUT2D eigenvalue weighted by Gasteiger charge is -2.13. The van der Waals surface area contributed by atoms with Gasteiger partial charge in [0.1, 0.15) is 11.6 Å². The maximum Gasteiger partial charge on any atom is 0.341 e. The van der Waals surface area contributed by atoms with Crippen molar-refractivity contribution in [3.8, 4) is 17.6 Å². The van der Waals surface area contributed by atoms with Crippen LogP contribution in [0.4, 0.5) is 5.69 Å². The van der Waals surface area contributed by atoms with Gasteiger partial charge in [-0.15, -0.1) is 0 Å². The van der Waals surface area contributed by atoms with E-state index in [0.29, 0.717) is 11.3 Å². The average Bonchev–Trinajstić information content (AvgIpc) is 2.67. The average molecular weight is 429 g/mol. The lowest BCUT2D eigenvalue weighted by atomic mass is 10.1. The minimum Gasteiger partial charge on any atom is -0.490 e. The lowest BCUT2D eigenvalue weighted by Crippen LogP contribution is -2.14. The quantitative estimate of drug-likeness (QED) is 0.477. The van der Waals surface area contributed by atoms with E-state index in [1.54, 1.807) is 13.0 Å². The van der Waals surface area contributed by atoms with Crippen LogP contribution in [0.25, 0.3) is 6.08 Å². The third-order valence-corrected chi connectivity index (χ3v) is 4.26. The highest BCUT2D eigenvalue weighted by atomic mass is 35.5. The summed E-state index contributed by atoms with van der Waals surface area (Å²) in [5, 5.41) is 21.1. The highest BCUT2D eigenvalue weighted by Crippen LogP contribution is 2.37. The molecule has 0 unspecified atom stereocenters. The number of carbonyl (C=O) groups excluding carboxylic acids is 1. The zero-order chi connectivity index (χ0) is 22.3. The van der Waals surface area contributed by atoms with Crippen molar-refractivity contribution in [2.45, 2.75) is 20.8 Å². The first kappa shape index (κ1) is 22.8. The highest BCUT2D eigenvalue weighted by Gasteiger charge is 2.16. The topological polar surface area (TPSA) is 109 Å². The molecule has 0 saturated carbocycles. The number of carbonyl (C=O) groups is 2. The fraction of sp³-hybridized carbons (Fsp3) is 0.227. The van der Waals surface area contributed by atoms with Gasteiger partial charge in [-0.25, -0.2) is 4.79 Å². The van der Waals surface area contributed by atoms with Gasteiger partial charge in [0.2, 0.25) is 0 Å². The second kappa shape index (κ2) is 10.3. The molecule has 0 aliphatic heterocycles. The summed E-state index contributed by atoms with van der Waals surface area (Å²) in [4.78, 5) is 23.3. The Bertz CT molecular complexity index is 1040. The molecule has 2 aromatic rings. The Morgan fingerprint density at radius 2 is 1.97 bits per heavy atom. The van der Waals surface area contributed by atoms with Crippen LogP contribution in [-0.2, 0) is 9.59 Å². The highest BCUT2D eigenvalue weighted by molar-refractivity contribution is 6.32. The van der Waals surface area contributed by atoms with Crippen LogP contribution >= 0.6 is 11.6 Å². The molecule has 0 aromatic heterocycles. The standard InChI is InChI=1S/C22H21ClN2O5/c1-4-29-19-10-15(9-17(23)21(19)30-12-20(26)27)8-16(11-24)22(28)25-18-6-5-13(2)7-14(18)3/h5-10H,4,12H2,1-3H3,(H,25,28)(H,26,27)/b16-8+. The van der Waals surface area contributed by atoms with Crippen molar-refractivity contribution in [1.29, 1.82) is 5.26 Å². The zero-order valence-corrected chi connectivity index (χ0v) is 17.5. The van der Waals surface area contributed by atoms with Gasteiger partial charge in [-0.2, -0.15) is 5.26 Å². The molecule has 0 atom stereocenters. The SMILES string of the molecule is CCOc1cc(/C=C(\C#N)C(=O)Nc2ccc(C)cc2C)cc(Cl)c1OCC(=O)O. The first-order valence-corrected chi connectivity index (χ1v) is 9.44. The number of hydrogen-bond acceptors (Lipinski definition) is 5. The number of anilines is 1. The number of nitrogens with one attached hydrogen (secondary N) is 1. The first-order valence-electron chi connectivity index (χ1n) is 9.06. The van der Waals surface area contributed by atoms with Gasteiger partial charge < -0.3 is 19.9 Å². The predicted molar refractivity (Wildman–Crippen MR) is 114 cm³/mol. The molecule has 0 aliphatic rings. The summed E-state index contributed by atoms with van der Waals surface area (Å²) >= 11 is 6.21. The Balaban J connectivity index is 2.34. The zero-order valence-electron chi connectivity index (χ0n) is 16.8. The number of nitriles is 1. The second-order valence-corrected chi connectivity index (χ2v) is 6.79. The molecule has 0 spiro atoms. The van der Waals surface area contributed by atoms with Crippen molar-refractivity contribution in [3.05, 3.63) is 57.6 Å². The molecule has 1 amide bonds. The lowest BCUT2D eigenvalue weighted by molar-refractivity contribution is -0.139. The fourth-order valence-corrected chi connectivity index (χ4v) is 2.94.